The van der Waals surface area contributed by atoms with E-state index in [1.54, 1.807) is 26.0 Å². The number of carbonyl (C=O) groups excluding carboxylic acids is 1. The van der Waals surface area contributed by atoms with Crippen LogP contribution >= 0.6 is 0 Å². The van der Waals surface area contributed by atoms with Gasteiger partial charge in [-0.25, -0.2) is 0 Å². The van der Waals surface area contributed by atoms with Crippen LogP contribution in [0.2, 0.25) is 0 Å². The van der Waals surface area contributed by atoms with Gasteiger partial charge in [-0.2, -0.15) is 0 Å². The normalized spacial score (nSPS) is 14.6. The number of rotatable bonds is 6. The first-order valence-corrected chi connectivity index (χ1v) is 7.65. The summed E-state index contributed by atoms with van der Waals surface area (Å²) < 4.78 is 10.7. The van der Waals surface area contributed by atoms with Crippen molar-refractivity contribution in [2.45, 2.75) is 51.9 Å². The predicted molar refractivity (Wildman–Crippen MR) is 87.5 cm³/mol. The van der Waals surface area contributed by atoms with Gasteiger partial charge < -0.3 is 24.8 Å². The van der Waals surface area contributed by atoms with Crippen molar-refractivity contribution >= 4 is 18.5 Å². The lowest BCUT2D eigenvalue weighted by atomic mass is 9.79. The van der Waals surface area contributed by atoms with Crippen LogP contribution in [-0.2, 0) is 16.1 Å². The summed E-state index contributed by atoms with van der Waals surface area (Å²) in [5.41, 5.74) is 0.00746. The van der Waals surface area contributed by atoms with Gasteiger partial charge in [0, 0.05) is 11.0 Å². The smallest absolute Gasteiger partial charge is 0.484 e. The zero-order valence-electron chi connectivity index (χ0n) is 14.0. The molecule has 0 fully saturated rings. The van der Waals surface area contributed by atoms with E-state index in [1.807, 2.05) is 19.9 Å². The van der Waals surface area contributed by atoms with Gasteiger partial charge >= 0.3 is 7.12 Å². The summed E-state index contributed by atoms with van der Waals surface area (Å²) >= 11 is 0. The van der Waals surface area contributed by atoms with Gasteiger partial charge in [0.1, 0.15) is 5.75 Å². The molecule has 6 nitrogen and oxygen atoms in total. The number of nitrogens with one attached hydrogen (secondary N) is 1. The Balaban J connectivity index is 1.94. The van der Waals surface area contributed by atoms with E-state index < -0.39 is 18.3 Å². The van der Waals surface area contributed by atoms with Gasteiger partial charge in [0.15, 0.2) is 6.61 Å². The molecule has 0 aromatic heterocycles. The molecule has 7 heteroatoms. The fraction of sp³-hybridized carbons (Fsp3) is 0.562. The molecule has 1 amide bonds. The number of carbonyl (C=O) groups is 1. The fourth-order valence-corrected chi connectivity index (χ4v) is 3.06. The number of aliphatic hydroxyl groups is 1. The number of hydrogen-bond acceptors (Lipinski definition) is 5. The van der Waals surface area contributed by atoms with Crippen molar-refractivity contribution in [3.05, 3.63) is 23.8 Å². The molecule has 0 spiro atoms. The van der Waals surface area contributed by atoms with Crippen molar-refractivity contribution in [3.8, 4) is 5.75 Å². The second-order valence-corrected chi connectivity index (χ2v) is 7.20. The van der Waals surface area contributed by atoms with E-state index in [4.69, 9.17) is 9.39 Å². The molecule has 0 atom stereocenters. The zero-order valence-corrected chi connectivity index (χ0v) is 14.0. The monoisotopic (exact) mass is 321 g/mol. The highest BCUT2D eigenvalue weighted by atomic mass is 16.5. The molecule has 1 aliphatic rings. The molecular weight excluding hydrogens is 297 g/mol. The number of hydrogen-bond donors (Lipinski definition) is 3. The van der Waals surface area contributed by atoms with E-state index in [2.05, 4.69) is 5.32 Å². The van der Waals surface area contributed by atoms with Crippen LogP contribution in [0.15, 0.2) is 18.2 Å². The maximum atomic E-state index is 12.1. The molecular formula is C16H24BNO5. The molecule has 1 aromatic rings. The summed E-state index contributed by atoms with van der Waals surface area (Å²) in [7, 11) is -1.02. The van der Waals surface area contributed by atoms with Crippen molar-refractivity contribution < 1.29 is 24.3 Å². The maximum absolute atomic E-state index is 12.1. The van der Waals surface area contributed by atoms with Crippen LogP contribution in [0.3, 0.4) is 0 Å². The average Bonchev–Trinajstić information content (AvgIpc) is 2.75. The SMILES string of the molecule is CC(C)(O)CC(C)(C)NC(=O)COc1cccc2c1B(O)OC2. The van der Waals surface area contributed by atoms with Gasteiger partial charge in [0.05, 0.1) is 12.2 Å². The summed E-state index contributed by atoms with van der Waals surface area (Å²) in [6.45, 7) is 7.26. The fourth-order valence-electron chi connectivity index (χ4n) is 3.06. The third-order valence-electron chi connectivity index (χ3n) is 3.51. The van der Waals surface area contributed by atoms with Gasteiger partial charge in [-0.1, -0.05) is 12.1 Å². The first-order valence-electron chi connectivity index (χ1n) is 7.65. The summed E-state index contributed by atoms with van der Waals surface area (Å²) in [4.78, 5) is 12.1. The third-order valence-corrected chi connectivity index (χ3v) is 3.51. The van der Waals surface area contributed by atoms with Gasteiger partial charge in [-0.05, 0) is 45.7 Å². The Kier molecular flexibility index (Phi) is 5.03. The Morgan fingerprint density at radius 2 is 2.09 bits per heavy atom. The lowest BCUT2D eigenvalue weighted by Gasteiger charge is -2.32. The summed E-state index contributed by atoms with van der Waals surface area (Å²) in [5.74, 6) is 0.160. The van der Waals surface area contributed by atoms with Crippen molar-refractivity contribution in [1.29, 1.82) is 0 Å². The summed E-state index contributed by atoms with van der Waals surface area (Å²) in [6, 6.07) is 5.35. The number of ether oxygens (including phenoxy) is 1. The van der Waals surface area contributed by atoms with E-state index in [1.165, 1.54) is 0 Å². The molecule has 1 heterocycles. The van der Waals surface area contributed by atoms with Gasteiger partial charge in [0.2, 0.25) is 0 Å². The summed E-state index contributed by atoms with van der Waals surface area (Å²) in [6.07, 6.45) is 0.416. The standard InChI is InChI=1S/C16H24BNO5/c1-15(2,10-16(3,4)20)18-13(19)9-22-12-7-5-6-11-8-23-17(21)14(11)12/h5-7,20-21H,8-10H2,1-4H3,(H,18,19). The molecule has 1 aromatic carbocycles. The second-order valence-electron chi connectivity index (χ2n) is 7.20. The van der Waals surface area contributed by atoms with Gasteiger partial charge in [0.25, 0.3) is 5.91 Å². The van der Waals surface area contributed by atoms with Crippen LogP contribution in [0.5, 0.6) is 5.75 Å². The molecule has 0 unspecified atom stereocenters. The van der Waals surface area contributed by atoms with Crippen molar-refractivity contribution in [3.63, 3.8) is 0 Å². The highest BCUT2D eigenvalue weighted by Crippen LogP contribution is 2.20. The Morgan fingerprint density at radius 1 is 1.39 bits per heavy atom. The van der Waals surface area contributed by atoms with Crippen LogP contribution in [0, 0.1) is 0 Å². The van der Waals surface area contributed by atoms with Crippen molar-refractivity contribution in [2.75, 3.05) is 6.61 Å². The zero-order chi connectivity index (χ0) is 17.3. The molecule has 126 valence electrons. The van der Waals surface area contributed by atoms with Crippen LogP contribution < -0.4 is 15.5 Å². The minimum Gasteiger partial charge on any atom is -0.484 e. The molecule has 0 radical (unpaired) electrons. The largest absolute Gasteiger partial charge is 0.495 e. The van der Waals surface area contributed by atoms with E-state index in [0.29, 0.717) is 24.2 Å². The highest BCUT2D eigenvalue weighted by Gasteiger charge is 2.32. The van der Waals surface area contributed by atoms with Gasteiger partial charge in [-0.3, -0.25) is 4.79 Å². The second kappa shape index (κ2) is 6.51. The number of amides is 1. The third kappa shape index (κ3) is 4.96. The van der Waals surface area contributed by atoms with Crippen LogP contribution in [-0.4, -0.2) is 40.9 Å². The summed E-state index contributed by atoms with van der Waals surface area (Å²) in [5, 5.41) is 22.5. The molecule has 0 saturated heterocycles. The first-order chi connectivity index (χ1) is 10.6. The van der Waals surface area contributed by atoms with Crippen molar-refractivity contribution in [2.24, 2.45) is 0 Å². The maximum Gasteiger partial charge on any atom is 0.495 e. The molecule has 3 N–H and O–H groups in total. The van der Waals surface area contributed by atoms with Gasteiger partial charge in [-0.15, -0.1) is 0 Å². The van der Waals surface area contributed by atoms with E-state index in [0.717, 1.165) is 5.56 Å². The van der Waals surface area contributed by atoms with Crippen LogP contribution in [0.25, 0.3) is 0 Å². The molecule has 0 bridgehead atoms. The highest BCUT2D eigenvalue weighted by molar-refractivity contribution is 6.62. The average molecular weight is 321 g/mol. The Morgan fingerprint density at radius 3 is 2.74 bits per heavy atom. The Hall–Kier alpha value is -1.57. The molecule has 23 heavy (non-hydrogen) atoms. The molecule has 0 aliphatic carbocycles. The Labute approximate surface area is 136 Å². The lowest BCUT2D eigenvalue weighted by molar-refractivity contribution is -0.125. The molecule has 1 aliphatic heterocycles. The lowest BCUT2D eigenvalue weighted by Crippen LogP contribution is -2.49. The number of benzene rings is 1. The van der Waals surface area contributed by atoms with Crippen molar-refractivity contribution in [1.82, 2.24) is 5.32 Å². The topological polar surface area (TPSA) is 88.0 Å². The predicted octanol–water partition coefficient (Wildman–Crippen LogP) is 0.339. The number of fused-ring (bicyclic) bond motifs is 1. The molecule has 2 rings (SSSR count). The van der Waals surface area contributed by atoms with Crippen LogP contribution in [0.4, 0.5) is 0 Å². The van der Waals surface area contributed by atoms with E-state index in [9.17, 15) is 14.9 Å². The minimum absolute atomic E-state index is 0.168. The first kappa shape index (κ1) is 17.8. The van der Waals surface area contributed by atoms with E-state index >= 15 is 0 Å². The molecule has 0 saturated carbocycles. The minimum atomic E-state index is -1.02. The quantitative estimate of drug-likeness (QED) is 0.658. The van der Waals surface area contributed by atoms with Crippen LogP contribution in [0.1, 0.15) is 39.7 Å². The Bertz CT molecular complexity index is 582. The van der Waals surface area contributed by atoms with E-state index in [-0.39, 0.29) is 12.5 Å².